The lowest BCUT2D eigenvalue weighted by molar-refractivity contribution is 0.0787. The summed E-state index contributed by atoms with van der Waals surface area (Å²) in [5.74, 6) is 0.435. The molecule has 1 aromatic rings. The van der Waals surface area contributed by atoms with Gasteiger partial charge in [-0.1, -0.05) is 24.3 Å². The predicted molar refractivity (Wildman–Crippen MR) is 81.9 cm³/mol. The standard InChI is InChI=1S/C17H26N2O/c1-18-8-10-19(11-9-18)7-6-16-12-14-4-2-3-5-15(14)13-17(16)20/h2-5,16-17,20H,6-13H2,1H3. The van der Waals surface area contributed by atoms with Crippen LogP contribution in [-0.2, 0) is 12.8 Å². The molecule has 0 amide bonds. The summed E-state index contributed by atoms with van der Waals surface area (Å²) in [6.45, 7) is 5.84. The second kappa shape index (κ2) is 6.25. The van der Waals surface area contributed by atoms with Crippen LogP contribution >= 0.6 is 0 Å². The summed E-state index contributed by atoms with van der Waals surface area (Å²) >= 11 is 0. The molecule has 1 heterocycles. The predicted octanol–water partition coefficient (Wildman–Crippen LogP) is 1.40. The molecule has 0 aromatic heterocycles. The summed E-state index contributed by atoms with van der Waals surface area (Å²) in [7, 11) is 2.19. The topological polar surface area (TPSA) is 26.7 Å². The zero-order valence-electron chi connectivity index (χ0n) is 12.5. The first-order chi connectivity index (χ1) is 9.72. The lowest BCUT2D eigenvalue weighted by atomic mass is 9.80. The number of aliphatic hydroxyl groups excluding tert-OH is 1. The molecule has 0 spiro atoms. The Kier molecular flexibility index (Phi) is 4.39. The van der Waals surface area contributed by atoms with Gasteiger partial charge < -0.3 is 14.9 Å². The highest BCUT2D eigenvalue weighted by Crippen LogP contribution is 2.28. The first kappa shape index (κ1) is 14.1. The van der Waals surface area contributed by atoms with E-state index in [9.17, 15) is 5.11 Å². The minimum atomic E-state index is -0.155. The van der Waals surface area contributed by atoms with Crippen molar-refractivity contribution in [1.82, 2.24) is 9.80 Å². The molecule has 2 unspecified atom stereocenters. The van der Waals surface area contributed by atoms with Gasteiger partial charge in [0.15, 0.2) is 0 Å². The van der Waals surface area contributed by atoms with Crippen LogP contribution in [0.25, 0.3) is 0 Å². The van der Waals surface area contributed by atoms with E-state index in [0.29, 0.717) is 5.92 Å². The summed E-state index contributed by atoms with van der Waals surface area (Å²) in [5.41, 5.74) is 2.79. The number of nitrogens with zero attached hydrogens (tertiary/aromatic N) is 2. The Morgan fingerprint density at radius 3 is 2.40 bits per heavy atom. The van der Waals surface area contributed by atoms with Crippen LogP contribution in [0.4, 0.5) is 0 Å². The van der Waals surface area contributed by atoms with E-state index < -0.39 is 0 Å². The van der Waals surface area contributed by atoms with E-state index in [1.165, 1.54) is 37.3 Å². The lowest BCUT2D eigenvalue weighted by Gasteiger charge is -2.35. The van der Waals surface area contributed by atoms with E-state index >= 15 is 0 Å². The van der Waals surface area contributed by atoms with Gasteiger partial charge >= 0.3 is 0 Å². The zero-order chi connectivity index (χ0) is 13.9. The summed E-state index contributed by atoms with van der Waals surface area (Å²) < 4.78 is 0. The molecule has 0 saturated carbocycles. The van der Waals surface area contributed by atoms with E-state index in [2.05, 4.69) is 41.1 Å². The number of aliphatic hydroxyl groups is 1. The molecule has 3 heteroatoms. The molecule has 1 aliphatic heterocycles. The molecule has 2 aliphatic rings. The van der Waals surface area contributed by atoms with Crippen LogP contribution in [0.15, 0.2) is 24.3 Å². The fraction of sp³-hybridized carbons (Fsp3) is 0.647. The zero-order valence-corrected chi connectivity index (χ0v) is 12.5. The lowest BCUT2D eigenvalue weighted by Crippen LogP contribution is -2.45. The van der Waals surface area contributed by atoms with Crippen LogP contribution in [-0.4, -0.2) is 60.8 Å². The SMILES string of the molecule is CN1CCN(CCC2Cc3ccccc3CC2O)CC1. The molecule has 20 heavy (non-hydrogen) atoms. The number of rotatable bonds is 3. The molecule has 0 bridgehead atoms. The van der Waals surface area contributed by atoms with E-state index in [1.54, 1.807) is 0 Å². The van der Waals surface area contributed by atoms with Gasteiger partial charge in [0, 0.05) is 26.2 Å². The van der Waals surface area contributed by atoms with Crippen molar-refractivity contribution in [3.8, 4) is 0 Å². The van der Waals surface area contributed by atoms with Crippen LogP contribution in [0.1, 0.15) is 17.5 Å². The monoisotopic (exact) mass is 274 g/mol. The minimum Gasteiger partial charge on any atom is -0.392 e. The first-order valence-electron chi connectivity index (χ1n) is 7.88. The molecule has 1 saturated heterocycles. The number of hydrogen-bond acceptors (Lipinski definition) is 3. The Morgan fingerprint density at radius 2 is 1.70 bits per heavy atom. The van der Waals surface area contributed by atoms with Crippen molar-refractivity contribution in [3.05, 3.63) is 35.4 Å². The molecule has 2 atom stereocenters. The van der Waals surface area contributed by atoms with Gasteiger partial charge in [0.1, 0.15) is 0 Å². The molecule has 0 radical (unpaired) electrons. The van der Waals surface area contributed by atoms with Gasteiger partial charge in [0.05, 0.1) is 6.10 Å². The number of likely N-dealkylation sites (N-methyl/N-ethyl adjacent to an activating group) is 1. The quantitative estimate of drug-likeness (QED) is 0.902. The van der Waals surface area contributed by atoms with Crippen LogP contribution in [0, 0.1) is 5.92 Å². The third-order valence-corrected chi connectivity index (χ3v) is 4.99. The van der Waals surface area contributed by atoms with Crippen molar-refractivity contribution in [2.45, 2.75) is 25.4 Å². The third-order valence-electron chi connectivity index (χ3n) is 4.99. The molecule has 1 aliphatic carbocycles. The van der Waals surface area contributed by atoms with Crippen molar-refractivity contribution in [3.63, 3.8) is 0 Å². The van der Waals surface area contributed by atoms with Gasteiger partial charge in [-0.2, -0.15) is 0 Å². The average molecular weight is 274 g/mol. The maximum absolute atomic E-state index is 10.4. The van der Waals surface area contributed by atoms with Crippen molar-refractivity contribution >= 4 is 0 Å². The number of piperazine rings is 1. The molecule has 3 nitrogen and oxygen atoms in total. The van der Waals surface area contributed by atoms with E-state index in [-0.39, 0.29) is 6.10 Å². The second-order valence-corrected chi connectivity index (χ2v) is 6.44. The average Bonchev–Trinajstić information content (AvgIpc) is 2.47. The highest BCUT2D eigenvalue weighted by molar-refractivity contribution is 5.30. The number of hydrogen-bond donors (Lipinski definition) is 1. The van der Waals surface area contributed by atoms with E-state index in [4.69, 9.17) is 0 Å². The highest BCUT2D eigenvalue weighted by atomic mass is 16.3. The molecule has 1 fully saturated rings. The maximum Gasteiger partial charge on any atom is 0.0612 e. The molecule has 110 valence electrons. The fourth-order valence-electron chi connectivity index (χ4n) is 3.48. The molecule has 1 aromatic carbocycles. The summed E-state index contributed by atoms with van der Waals surface area (Å²) in [6, 6.07) is 8.59. The fourth-order valence-corrected chi connectivity index (χ4v) is 3.48. The Balaban J connectivity index is 1.53. The van der Waals surface area contributed by atoms with Crippen molar-refractivity contribution in [2.24, 2.45) is 5.92 Å². The Bertz CT molecular complexity index is 440. The smallest absolute Gasteiger partial charge is 0.0612 e. The van der Waals surface area contributed by atoms with Crippen LogP contribution < -0.4 is 0 Å². The van der Waals surface area contributed by atoms with Crippen LogP contribution in [0.3, 0.4) is 0 Å². The summed E-state index contributed by atoms with van der Waals surface area (Å²) in [6.07, 6.45) is 2.85. The first-order valence-corrected chi connectivity index (χ1v) is 7.88. The molecular weight excluding hydrogens is 248 g/mol. The van der Waals surface area contributed by atoms with Gasteiger partial charge in [-0.25, -0.2) is 0 Å². The van der Waals surface area contributed by atoms with Crippen molar-refractivity contribution < 1.29 is 5.11 Å². The summed E-state index contributed by atoms with van der Waals surface area (Å²) in [5, 5.41) is 10.4. The van der Waals surface area contributed by atoms with Crippen molar-refractivity contribution in [1.29, 1.82) is 0 Å². The maximum atomic E-state index is 10.4. The minimum absolute atomic E-state index is 0.155. The molecular formula is C17H26N2O. The van der Waals surface area contributed by atoms with Crippen LogP contribution in [0.5, 0.6) is 0 Å². The highest BCUT2D eigenvalue weighted by Gasteiger charge is 2.27. The third kappa shape index (κ3) is 3.22. The van der Waals surface area contributed by atoms with Gasteiger partial charge in [-0.3, -0.25) is 0 Å². The van der Waals surface area contributed by atoms with E-state index in [0.717, 1.165) is 25.8 Å². The number of fused-ring (bicyclic) bond motifs is 1. The van der Waals surface area contributed by atoms with Crippen LogP contribution in [0.2, 0.25) is 0 Å². The summed E-state index contributed by atoms with van der Waals surface area (Å²) in [4.78, 5) is 4.94. The second-order valence-electron chi connectivity index (χ2n) is 6.44. The van der Waals surface area contributed by atoms with Crippen molar-refractivity contribution in [2.75, 3.05) is 39.8 Å². The molecule has 3 rings (SSSR count). The van der Waals surface area contributed by atoms with E-state index in [1.807, 2.05) is 0 Å². The van der Waals surface area contributed by atoms with Gasteiger partial charge in [0.25, 0.3) is 0 Å². The van der Waals surface area contributed by atoms with Gasteiger partial charge in [0.2, 0.25) is 0 Å². The Morgan fingerprint density at radius 1 is 1.05 bits per heavy atom. The molecule has 1 N–H and O–H groups in total. The largest absolute Gasteiger partial charge is 0.392 e. The Hall–Kier alpha value is -0.900. The van der Waals surface area contributed by atoms with Gasteiger partial charge in [-0.05, 0) is 49.9 Å². The normalized spacial score (nSPS) is 28.3. The number of benzene rings is 1. The Labute approximate surface area is 122 Å². The van der Waals surface area contributed by atoms with Gasteiger partial charge in [-0.15, -0.1) is 0 Å².